The quantitative estimate of drug-likeness (QED) is 0.749. The fourth-order valence-corrected chi connectivity index (χ4v) is 1.57. The molecule has 1 aromatic rings. The van der Waals surface area contributed by atoms with Crippen LogP contribution in [-0.4, -0.2) is 6.61 Å². The third-order valence-electron chi connectivity index (χ3n) is 1.97. The zero-order valence-electron chi connectivity index (χ0n) is 8.77. The van der Waals surface area contributed by atoms with Crippen molar-refractivity contribution < 1.29 is 17.9 Å². The number of halogens is 4. The molecule has 0 saturated carbocycles. The highest BCUT2D eigenvalue weighted by Gasteiger charge is 2.34. The molecule has 0 fully saturated rings. The van der Waals surface area contributed by atoms with Crippen molar-refractivity contribution in [2.24, 2.45) is 0 Å². The van der Waals surface area contributed by atoms with Crippen LogP contribution < -0.4 is 4.74 Å². The molecule has 0 aromatic heterocycles. The van der Waals surface area contributed by atoms with E-state index in [1.165, 1.54) is 6.07 Å². The van der Waals surface area contributed by atoms with Crippen LogP contribution in [-0.2, 0) is 11.5 Å². The second-order valence-corrected chi connectivity index (χ2v) is 3.87. The van der Waals surface area contributed by atoms with Gasteiger partial charge in [-0.15, -0.1) is 0 Å². The van der Waals surface area contributed by atoms with Crippen molar-refractivity contribution >= 4 is 15.9 Å². The van der Waals surface area contributed by atoms with E-state index in [1.807, 2.05) is 6.92 Å². The van der Waals surface area contributed by atoms with Gasteiger partial charge in [0.1, 0.15) is 5.75 Å². The van der Waals surface area contributed by atoms with Crippen LogP contribution in [0.2, 0.25) is 0 Å². The van der Waals surface area contributed by atoms with Gasteiger partial charge in [0, 0.05) is 5.33 Å². The van der Waals surface area contributed by atoms with E-state index < -0.39 is 11.7 Å². The molecular weight excluding hydrogens is 285 g/mol. The zero-order valence-corrected chi connectivity index (χ0v) is 10.4. The van der Waals surface area contributed by atoms with Gasteiger partial charge in [0.05, 0.1) is 12.2 Å². The van der Waals surface area contributed by atoms with E-state index in [0.29, 0.717) is 17.3 Å². The Kier molecular flexibility index (Phi) is 4.65. The van der Waals surface area contributed by atoms with Gasteiger partial charge < -0.3 is 4.74 Å². The van der Waals surface area contributed by atoms with Gasteiger partial charge in [0.2, 0.25) is 0 Å². The minimum Gasteiger partial charge on any atom is -0.493 e. The second kappa shape index (κ2) is 5.57. The van der Waals surface area contributed by atoms with Crippen LogP contribution in [0.15, 0.2) is 18.2 Å². The summed E-state index contributed by atoms with van der Waals surface area (Å²) in [4.78, 5) is 0. The first-order valence-corrected chi connectivity index (χ1v) is 6.00. The summed E-state index contributed by atoms with van der Waals surface area (Å²) < 4.78 is 43.2. The van der Waals surface area contributed by atoms with Crippen LogP contribution in [0.5, 0.6) is 5.75 Å². The van der Waals surface area contributed by atoms with Crippen LogP contribution in [0.3, 0.4) is 0 Å². The van der Waals surface area contributed by atoms with Crippen LogP contribution in [0, 0.1) is 0 Å². The van der Waals surface area contributed by atoms with E-state index in [1.54, 1.807) is 6.07 Å². The average molecular weight is 297 g/mol. The molecule has 5 heteroatoms. The normalized spacial score (nSPS) is 11.6. The number of hydrogen-bond acceptors (Lipinski definition) is 1. The summed E-state index contributed by atoms with van der Waals surface area (Å²) in [5, 5.41) is 0.393. The molecule has 1 rings (SSSR count). The maximum atomic E-state index is 12.7. The lowest BCUT2D eigenvalue weighted by atomic mass is 10.1. The molecule has 0 amide bonds. The van der Waals surface area contributed by atoms with Crippen molar-refractivity contribution in [3.8, 4) is 5.75 Å². The van der Waals surface area contributed by atoms with Crippen LogP contribution in [0.1, 0.15) is 24.5 Å². The maximum absolute atomic E-state index is 12.7. The van der Waals surface area contributed by atoms with Crippen molar-refractivity contribution in [3.63, 3.8) is 0 Å². The maximum Gasteiger partial charge on any atom is 0.419 e. The molecule has 1 aromatic carbocycles. The molecule has 0 aliphatic carbocycles. The summed E-state index contributed by atoms with van der Waals surface area (Å²) in [5.41, 5.74) is -0.130. The molecule has 0 spiro atoms. The van der Waals surface area contributed by atoms with E-state index in [-0.39, 0.29) is 12.4 Å². The summed E-state index contributed by atoms with van der Waals surface area (Å²) >= 11 is 3.13. The van der Waals surface area contributed by atoms with Crippen LogP contribution in [0.4, 0.5) is 13.2 Å². The molecule has 0 aliphatic heterocycles. The van der Waals surface area contributed by atoms with E-state index in [4.69, 9.17) is 4.74 Å². The number of alkyl halides is 4. The van der Waals surface area contributed by atoms with Gasteiger partial charge in [0.15, 0.2) is 0 Å². The van der Waals surface area contributed by atoms with E-state index in [0.717, 1.165) is 6.07 Å². The van der Waals surface area contributed by atoms with Gasteiger partial charge in [-0.1, -0.05) is 28.9 Å². The Morgan fingerprint density at radius 3 is 2.50 bits per heavy atom. The first kappa shape index (κ1) is 13.4. The highest BCUT2D eigenvalue weighted by Crippen LogP contribution is 2.37. The molecular formula is C11H12BrF3O. The topological polar surface area (TPSA) is 9.23 Å². The Balaban J connectivity index is 3.06. The zero-order chi connectivity index (χ0) is 12.2. The Bertz CT molecular complexity index is 350. The third kappa shape index (κ3) is 3.40. The van der Waals surface area contributed by atoms with Crippen LogP contribution in [0.25, 0.3) is 0 Å². The Morgan fingerprint density at radius 2 is 2.00 bits per heavy atom. The Labute approximate surface area is 101 Å². The standard InChI is InChI=1S/C11H12BrF3O/c1-2-5-16-10-4-3-8(7-12)6-9(10)11(13,14)15/h3-4,6H,2,5,7H2,1H3. The van der Waals surface area contributed by atoms with Gasteiger partial charge in [-0.3, -0.25) is 0 Å². The lowest BCUT2D eigenvalue weighted by Gasteiger charge is -2.14. The van der Waals surface area contributed by atoms with Gasteiger partial charge in [-0.25, -0.2) is 0 Å². The number of ether oxygens (including phenoxy) is 1. The number of rotatable bonds is 4. The lowest BCUT2D eigenvalue weighted by molar-refractivity contribution is -0.139. The molecule has 16 heavy (non-hydrogen) atoms. The summed E-state index contributed by atoms with van der Waals surface area (Å²) in [6.07, 6.45) is -3.70. The molecule has 0 heterocycles. The minimum atomic E-state index is -4.37. The summed E-state index contributed by atoms with van der Waals surface area (Å²) in [5.74, 6) is -0.0981. The van der Waals surface area contributed by atoms with E-state index >= 15 is 0 Å². The van der Waals surface area contributed by atoms with Crippen molar-refractivity contribution in [1.82, 2.24) is 0 Å². The van der Waals surface area contributed by atoms with Crippen molar-refractivity contribution in [1.29, 1.82) is 0 Å². The molecule has 90 valence electrons. The van der Waals surface area contributed by atoms with E-state index in [9.17, 15) is 13.2 Å². The minimum absolute atomic E-state index is 0.0981. The molecule has 0 saturated heterocycles. The molecule has 0 aliphatic rings. The van der Waals surface area contributed by atoms with Gasteiger partial charge in [0.25, 0.3) is 0 Å². The Hall–Kier alpha value is -0.710. The second-order valence-electron chi connectivity index (χ2n) is 3.31. The summed E-state index contributed by atoms with van der Waals surface area (Å²) in [6.45, 7) is 2.14. The van der Waals surface area contributed by atoms with Gasteiger partial charge in [-0.2, -0.15) is 13.2 Å². The highest BCUT2D eigenvalue weighted by atomic mass is 79.9. The summed E-state index contributed by atoms with van der Waals surface area (Å²) in [7, 11) is 0. The molecule has 1 nitrogen and oxygen atoms in total. The Morgan fingerprint density at radius 1 is 1.31 bits per heavy atom. The highest BCUT2D eigenvalue weighted by molar-refractivity contribution is 9.08. The number of benzene rings is 1. The van der Waals surface area contributed by atoms with E-state index in [2.05, 4.69) is 15.9 Å². The SMILES string of the molecule is CCCOc1ccc(CBr)cc1C(F)(F)F. The van der Waals surface area contributed by atoms with Crippen molar-refractivity contribution in [2.45, 2.75) is 24.9 Å². The molecule has 0 unspecified atom stereocenters. The number of hydrogen-bond donors (Lipinski definition) is 0. The monoisotopic (exact) mass is 296 g/mol. The molecule has 0 N–H and O–H groups in total. The predicted molar refractivity (Wildman–Crippen MR) is 59.9 cm³/mol. The third-order valence-corrected chi connectivity index (χ3v) is 2.61. The molecule has 0 atom stereocenters. The summed E-state index contributed by atoms with van der Waals surface area (Å²) in [6, 6.07) is 4.10. The average Bonchev–Trinajstić information content (AvgIpc) is 2.25. The van der Waals surface area contributed by atoms with Gasteiger partial charge in [-0.05, 0) is 24.1 Å². The molecule has 0 bridgehead atoms. The first-order valence-electron chi connectivity index (χ1n) is 4.88. The molecule has 0 radical (unpaired) electrons. The fraction of sp³-hybridized carbons (Fsp3) is 0.455. The predicted octanol–water partition coefficient (Wildman–Crippen LogP) is 4.39. The smallest absolute Gasteiger partial charge is 0.419 e. The fourth-order valence-electron chi connectivity index (χ4n) is 1.22. The van der Waals surface area contributed by atoms with Crippen molar-refractivity contribution in [2.75, 3.05) is 6.61 Å². The first-order chi connectivity index (χ1) is 7.49. The van der Waals surface area contributed by atoms with Crippen molar-refractivity contribution in [3.05, 3.63) is 29.3 Å². The van der Waals surface area contributed by atoms with Crippen LogP contribution >= 0.6 is 15.9 Å². The lowest BCUT2D eigenvalue weighted by Crippen LogP contribution is -2.09. The largest absolute Gasteiger partial charge is 0.493 e. The van der Waals surface area contributed by atoms with Gasteiger partial charge >= 0.3 is 6.18 Å².